The van der Waals surface area contributed by atoms with Gasteiger partial charge in [0.2, 0.25) is 11.8 Å². The highest BCUT2D eigenvalue weighted by Crippen LogP contribution is 2.37. The molecule has 152 valence electrons. The number of carbonyl (C=O) groups is 3. The highest BCUT2D eigenvalue weighted by molar-refractivity contribution is 7.99. The van der Waals surface area contributed by atoms with Crippen LogP contribution in [0.3, 0.4) is 0 Å². The van der Waals surface area contributed by atoms with Gasteiger partial charge >= 0.3 is 0 Å². The van der Waals surface area contributed by atoms with Gasteiger partial charge in [0.25, 0.3) is 5.91 Å². The maximum absolute atomic E-state index is 13.2. The van der Waals surface area contributed by atoms with Crippen molar-refractivity contribution < 1.29 is 23.2 Å². The van der Waals surface area contributed by atoms with Gasteiger partial charge in [-0.2, -0.15) is 0 Å². The quantitative estimate of drug-likeness (QED) is 0.795. The minimum atomic E-state index is -0.633. The van der Waals surface area contributed by atoms with E-state index in [1.807, 2.05) is 12.1 Å². The predicted molar refractivity (Wildman–Crippen MR) is 104 cm³/mol. The van der Waals surface area contributed by atoms with Crippen LogP contribution in [0.5, 0.6) is 0 Å². The molecule has 29 heavy (non-hydrogen) atoms. The number of carbonyl (C=O) groups excluding carboxylic acids is 3. The lowest BCUT2D eigenvalue weighted by Crippen LogP contribution is -2.64. The van der Waals surface area contributed by atoms with E-state index >= 15 is 0 Å². The Morgan fingerprint density at radius 2 is 1.97 bits per heavy atom. The molecule has 1 N–H and O–H groups in total. The van der Waals surface area contributed by atoms with Crippen molar-refractivity contribution in [2.75, 3.05) is 13.1 Å². The Morgan fingerprint density at radius 1 is 1.14 bits per heavy atom. The van der Waals surface area contributed by atoms with Gasteiger partial charge in [0.15, 0.2) is 5.76 Å². The van der Waals surface area contributed by atoms with Crippen molar-refractivity contribution >= 4 is 29.5 Å². The fourth-order valence-electron chi connectivity index (χ4n) is 4.50. The van der Waals surface area contributed by atoms with Gasteiger partial charge in [0, 0.05) is 18.3 Å². The average Bonchev–Trinajstić information content (AvgIpc) is 3.51. The fraction of sp³-hybridized carbons (Fsp3) is 0.450. The van der Waals surface area contributed by atoms with E-state index in [2.05, 4.69) is 5.32 Å². The van der Waals surface area contributed by atoms with Crippen molar-refractivity contribution in [3.63, 3.8) is 0 Å². The van der Waals surface area contributed by atoms with Crippen LogP contribution in [0.4, 0.5) is 0 Å². The zero-order valence-corrected chi connectivity index (χ0v) is 16.5. The Morgan fingerprint density at radius 3 is 2.72 bits per heavy atom. The third kappa shape index (κ3) is 3.23. The second-order valence-electron chi connectivity index (χ2n) is 7.58. The van der Waals surface area contributed by atoms with Crippen molar-refractivity contribution in [3.8, 4) is 0 Å². The van der Waals surface area contributed by atoms with E-state index in [1.54, 1.807) is 40.0 Å². The monoisotopic (exact) mass is 415 g/mol. The molecule has 0 saturated carbocycles. The van der Waals surface area contributed by atoms with Crippen LogP contribution in [-0.4, -0.2) is 64.0 Å². The molecule has 2 aromatic heterocycles. The third-order valence-electron chi connectivity index (χ3n) is 5.87. The molecule has 0 aromatic carbocycles. The Hall–Kier alpha value is -2.68. The molecule has 0 spiro atoms. The van der Waals surface area contributed by atoms with Crippen molar-refractivity contribution in [2.45, 2.75) is 42.0 Å². The van der Waals surface area contributed by atoms with Crippen molar-refractivity contribution in [1.82, 2.24) is 15.1 Å². The van der Waals surface area contributed by atoms with E-state index in [4.69, 9.17) is 8.83 Å². The van der Waals surface area contributed by atoms with Crippen LogP contribution in [0, 0.1) is 0 Å². The van der Waals surface area contributed by atoms with Gasteiger partial charge in [-0.1, -0.05) is 0 Å². The van der Waals surface area contributed by atoms with Crippen LogP contribution in [-0.2, 0) is 15.3 Å². The summed E-state index contributed by atoms with van der Waals surface area (Å²) >= 11 is 1.71. The molecule has 9 heteroatoms. The van der Waals surface area contributed by atoms with E-state index in [0.717, 1.165) is 11.5 Å². The molecule has 4 unspecified atom stereocenters. The summed E-state index contributed by atoms with van der Waals surface area (Å²) in [5.74, 6) is 1.36. The smallest absolute Gasteiger partial charge is 0.287 e. The normalized spacial score (nSPS) is 28.6. The predicted octanol–water partition coefficient (Wildman–Crippen LogP) is 1.49. The summed E-state index contributed by atoms with van der Waals surface area (Å²) in [6, 6.07) is 5.56. The summed E-state index contributed by atoms with van der Waals surface area (Å²) in [5, 5.41) is 3.06. The Balaban J connectivity index is 1.27. The van der Waals surface area contributed by atoms with Crippen LogP contribution in [0.15, 0.2) is 45.6 Å². The number of thioether (sulfide) groups is 1. The van der Waals surface area contributed by atoms with Crippen LogP contribution in [0.25, 0.3) is 0 Å². The molecular formula is C20H21N3O5S. The first-order valence-electron chi connectivity index (χ1n) is 9.71. The Labute approximate surface area is 171 Å². The van der Waals surface area contributed by atoms with Crippen LogP contribution in [0.2, 0.25) is 0 Å². The van der Waals surface area contributed by atoms with Gasteiger partial charge in [-0.3, -0.25) is 14.4 Å². The molecule has 3 aliphatic rings. The summed E-state index contributed by atoms with van der Waals surface area (Å²) in [6.45, 7) is 1.02. The van der Waals surface area contributed by atoms with Crippen LogP contribution in [0.1, 0.15) is 29.2 Å². The number of nitrogens with one attached hydrogen (secondary N) is 1. The molecule has 5 heterocycles. The van der Waals surface area contributed by atoms with Crippen LogP contribution >= 0.6 is 11.8 Å². The fourth-order valence-corrected chi connectivity index (χ4v) is 5.64. The van der Waals surface area contributed by atoms with Crippen molar-refractivity contribution in [1.29, 1.82) is 0 Å². The minimum absolute atomic E-state index is 0.00885. The highest BCUT2D eigenvalue weighted by Gasteiger charge is 2.55. The van der Waals surface area contributed by atoms with Crippen molar-refractivity contribution in [2.24, 2.45) is 0 Å². The summed E-state index contributed by atoms with van der Waals surface area (Å²) in [6.07, 6.45) is 4.29. The molecule has 4 atom stereocenters. The van der Waals surface area contributed by atoms with Gasteiger partial charge < -0.3 is 24.0 Å². The second kappa shape index (κ2) is 7.29. The zero-order valence-electron chi connectivity index (χ0n) is 15.7. The van der Waals surface area contributed by atoms with Gasteiger partial charge in [-0.15, -0.1) is 11.8 Å². The summed E-state index contributed by atoms with van der Waals surface area (Å²) < 4.78 is 10.5. The minimum Gasteiger partial charge on any atom is -0.468 e. The number of piperazine rings is 1. The molecular weight excluding hydrogens is 394 g/mol. The van der Waals surface area contributed by atoms with E-state index in [1.165, 1.54) is 6.26 Å². The number of hydrogen-bond donors (Lipinski definition) is 1. The standard InChI is InChI=1S/C20H21N3O5S/c24-18(16-4-2-8-28-16)21-14-5-6-22-17(14)20(26)23-10-13(9-15(23)19(22)25)29-11-12-3-1-7-27-12/h1-4,7-8,13-15,17H,5-6,9-11H2,(H,21,24). The maximum atomic E-state index is 13.2. The molecule has 2 aromatic rings. The Kier molecular flexibility index (Phi) is 4.61. The number of nitrogens with zero attached hydrogens (tertiary/aromatic N) is 2. The lowest BCUT2D eigenvalue weighted by molar-refractivity contribution is -0.157. The van der Waals surface area contributed by atoms with Crippen LogP contribution < -0.4 is 5.32 Å². The highest BCUT2D eigenvalue weighted by atomic mass is 32.2. The molecule has 3 fully saturated rings. The molecule has 0 aliphatic carbocycles. The zero-order chi connectivity index (χ0) is 20.0. The SMILES string of the molecule is O=C(NC1CCN2C(=O)C3CC(SCc4ccco4)CN3C(=O)C12)c1ccco1. The van der Waals surface area contributed by atoms with Gasteiger partial charge in [0.1, 0.15) is 17.8 Å². The first kappa shape index (κ1) is 18.4. The van der Waals surface area contributed by atoms with Gasteiger partial charge in [0.05, 0.1) is 24.3 Å². The Bertz CT molecular complexity index is 913. The molecule has 3 saturated heterocycles. The molecule has 0 radical (unpaired) electrons. The average molecular weight is 415 g/mol. The van der Waals surface area contributed by atoms with E-state index in [9.17, 15) is 14.4 Å². The largest absolute Gasteiger partial charge is 0.468 e. The summed E-state index contributed by atoms with van der Waals surface area (Å²) in [4.78, 5) is 42.0. The molecule has 5 rings (SSSR count). The molecule has 0 bridgehead atoms. The van der Waals surface area contributed by atoms with Gasteiger partial charge in [-0.05, 0) is 37.1 Å². The number of amides is 3. The number of furan rings is 2. The summed E-state index contributed by atoms with van der Waals surface area (Å²) in [5.41, 5.74) is 0. The summed E-state index contributed by atoms with van der Waals surface area (Å²) in [7, 11) is 0. The van der Waals surface area contributed by atoms with E-state index in [0.29, 0.717) is 25.9 Å². The van der Waals surface area contributed by atoms with E-state index in [-0.39, 0.29) is 28.7 Å². The lowest BCUT2D eigenvalue weighted by Gasteiger charge is -2.40. The van der Waals surface area contributed by atoms with Gasteiger partial charge in [-0.25, -0.2) is 0 Å². The second-order valence-corrected chi connectivity index (χ2v) is 8.87. The first-order valence-corrected chi connectivity index (χ1v) is 10.8. The first-order chi connectivity index (χ1) is 14.1. The lowest BCUT2D eigenvalue weighted by atomic mass is 10.0. The number of hydrogen-bond acceptors (Lipinski definition) is 6. The molecule has 8 nitrogen and oxygen atoms in total. The molecule has 3 aliphatic heterocycles. The van der Waals surface area contributed by atoms with Crippen molar-refractivity contribution in [3.05, 3.63) is 48.3 Å². The topological polar surface area (TPSA) is 96.0 Å². The van der Waals surface area contributed by atoms with E-state index < -0.39 is 18.1 Å². The molecule has 3 amide bonds. The maximum Gasteiger partial charge on any atom is 0.287 e. The number of fused-ring (bicyclic) bond motifs is 2. The third-order valence-corrected chi connectivity index (χ3v) is 7.13. The number of rotatable bonds is 5.